The lowest BCUT2D eigenvalue weighted by Gasteiger charge is -2.56. The number of rotatable bonds is 9. The van der Waals surface area contributed by atoms with Gasteiger partial charge in [0, 0.05) is 39.8 Å². The molecule has 4 aromatic carbocycles. The predicted molar refractivity (Wildman–Crippen MR) is 182 cm³/mol. The van der Waals surface area contributed by atoms with Crippen LogP contribution in [0, 0.1) is 15.5 Å². The molecule has 1 N–H and O–H groups in total. The summed E-state index contributed by atoms with van der Waals surface area (Å²) < 4.78 is 23.9. The molecule has 0 fully saturated rings. The summed E-state index contributed by atoms with van der Waals surface area (Å²) in [5.41, 5.74) is 3.76. The number of anilines is 1. The van der Waals surface area contributed by atoms with E-state index in [2.05, 4.69) is 32.7 Å². The third-order valence-electron chi connectivity index (χ3n) is 9.78. The summed E-state index contributed by atoms with van der Waals surface area (Å²) >= 11 is 0. The van der Waals surface area contributed by atoms with Crippen LogP contribution in [0.5, 0.6) is 11.5 Å². The molecule has 2 atom stereocenters. The first-order chi connectivity index (χ1) is 22.5. The highest BCUT2D eigenvalue weighted by molar-refractivity contribution is 5.89. The largest absolute Gasteiger partial charge is 0.496 e. The lowest BCUT2D eigenvalue weighted by Crippen LogP contribution is -2.52. The Morgan fingerprint density at radius 1 is 1.04 bits per heavy atom. The average Bonchev–Trinajstić information content (AvgIpc) is 3.07. The Bertz CT molecular complexity index is 1950. The minimum atomic E-state index is -0.703. The first kappa shape index (κ1) is 31.7. The second-order valence-electron chi connectivity index (χ2n) is 12.7. The SMILES string of the molecule is C=C(C)C(=O)OCCOc1ccc2c(c1)[C@](C)(C1=C(OC)c3ccccc3OC1)C(C)(C)C(c1cccc3ccc([N+](=O)[O-])cc13)N2. The van der Waals surface area contributed by atoms with Crippen molar-refractivity contribution in [2.45, 2.75) is 39.2 Å². The van der Waals surface area contributed by atoms with E-state index in [1.54, 1.807) is 32.2 Å². The van der Waals surface area contributed by atoms with E-state index in [1.165, 1.54) is 0 Å². The number of nitrogens with one attached hydrogen (secondary N) is 1. The van der Waals surface area contributed by atoms with Crippen molar-refractivity contribution in [3.8, 4) is 11.5 Å². The molecule has 2 heterocycles. The van der Waals surface area contributed by atoms with Crippen LogP contribution in [-0.2, 0) is 19.7 Å². The maximum absolute atomic E-state index is 11.9. The average molecular weight is 635 g/mol. The number of benzene rings is 4. The molecular formula is C38H38N2O7. The molecule has 0 aromatic heterocycles. The number of para-hydroxylation sites is 1. The highest BCUT2D eigenvalue weighted by Gasteiger charge is 2.56. The van der Waals surface area contributed by atoms with Crippen LogP contribution >= 0.6 is 0 Å². The molecular weight excluding hydrogens is 596 g/mol. The van der Waals surface area contributed by atoms with Crippen molar-refractivity contribution < 1.29 is 28.7 Å². The van der Waals surface area contributed by atoms with Crippen LogP contribution < -0.4 is 14.8 Å². The molecule has 6 rings (SSSR count). The molecule has 9 nitrogen and oxygen atoms in total. The Labute approximate surface area is 273 Å². The number of non-ortho nitro benzene ring substituents is 1. The van der Waals surface area contributed by atoms with Crippen LogP contribution in [0.15, 0.2) is 96.6 Å². The third kappa shape index (κ3) is 5.35. The highest BCUT2D eigenvalue weighted by Crippen LogP contribution is 2.62. The molecule has 4 aromatic rings. The summed E-state index contributed by atoms with van der Waals surface area (Å²) in [6, 6.07) is 24.5. The Morgan fingerprint density at radius 2 is 1.83 bits per heavy atom. The molecule has 0 saturated heterocycles. The number of methoxy groups -OCH3 is 1. The maximum atomic E-state index is 11.9. The van der Waals surface area contributed by atoms with Gasteiger partial charge in [0.2, 0.25) is 0 Å². The zero-order valence-corrected chi connectivity index (χ0v) is 27.2. The fourth-order valence-corrected chi connectivity index (χ4v) is 6.97. The number of nitrogens with zero attached hydrogens (tertiary/aromatic N) is 1. The van der Waals surface area contributed by atoms with Gasteiger partial charge in [0.25, 0.3) is 5.69 Å². The second-order valence-corrected chi connectivity index (χ2v) is 12.7. The lowest BCUT2D eigenvalue weighted by atomic mass is 9.52. The fraction of sp³-hybridized carbons (Fsp3) is 0.289. The summed E-state index contributed by atoms with van der Waals surface area (Å²) in [6.07, 6.45) is 0. The lowest BCUT2D eigenvalue weighted by molar-refractivity contribution is -0.384. The van der Waals surface area contributed by atoms with Crippen LogP contribution in [0.1, 0.15) is 50.4 Å². The molecule has 0 aliphatic carbocycles. The van der Waals surface area contributed by atoms with Gasteiger partial charge in [0.15, 0.2) is 0 Å². The van der Waals surface area contributed by atoms with E-state index < -0.39 is 16.8 Å². The molecule has 2 aliphatic rings. The zero-order chi connectivity index (χ0) is 33.5. The van der Waals surface area contributed by atoms with Crippen molar-refractivity contribution in [2.75, 3.05) is 32.2 Å². The van der Waals surface area contributed by atoms with Gasteiger partial charge in [-0.25, -0.2) is 4.79 Å². The smallest absolute Gasteiger partial charge is 0.333 e. The van der Waals surface area contributed by atoms with E-state index in [0.29, 0.717) is 17.9 Å². The first-order valence-electron chi connectivity index (χ1n) is 15.5. The monoisotopic (exact) mass is 634 g/mol. The topological polar surface area (TPSA) is 109 Å². The van der Waals surface area contributed by atoms with Crippen molar-refractivity contribution in [3.63, 3.8) is 0 Å². The second kappa shape index (κ2) is 12.1. The number of hydrogen-bond acceptors (Lipinski definition) is 8. The molecule has 0 spiro atoms. The van der Waals surface area contributed by atoms with Gasteiger partial charge in [-0.15, -0.1) is 0 Å². The van der Waals surface area contributed by atoms with Gasteiger partial charge < -0.3 is 24.3 Å². The van der Waals surface area contributed by atoms with Crippen molar-refractivity contribution >= 4 is 33.9 Å². The summed E-state index contributed by atoms with van der Waals surface area (Å²) in [7, 11) is 1.68. The van der Waals surface area contributed by atoms with Crippen LogP contribution in [0.2, 0.25) is 0 Å². The highest BCUT2D eigenvalue weighted by atomic mass is 16.6. The van der Waals surface area contributed by atoms with Crippen molar-refractivity contribution in [2.24, 2.45) is 5.41 Å². The van der Waals surface area contributed by atoms with Crippen molar-refractivity contribution in [1.82, 2.24) is 0 Å². The molecule has 0 saturated carbocycles. The predicted octanol–water partition coefficient (Wildman–Crippen LogP) is 8.15. The Balaban J connectivity index is 1.52. The number of nitro groups is 1. The molecule has 9 heteroatoms. The van der Waals surface area contributed by atoms with E-state index in [1.807, 2.05) is 60.7 Å². The number of carbonyl (C=O) groups is 1. The van der Waals surface area contributed by atoms with Gasteiger partial charge in [0.05, 0.1) is 23.6 Å². The van der Waals surface area contributed by atoms with E-state index in [0.717, 1.165) is 50.2 Å². The number of nitro benzene ring substituents is 1. The zero-order valence-electron chi connectivity index (χ0n) is 27.2. The molecule has 242 valence electrons. The molecule has 47 heavy (non-hydrogen) atoms. The quantitative estimate of drug-likeness (QED) is 0.0646. The number of carbonyl (C=O) groups excluding carboxylic acids is 1. The van der Waals surface area contributed by atoms with Crippen molar-refractivity contribution in [1.29, 1.82) is 0 Å². The van der Waals surface area contributed by atoms with Gasteiger partial charge in [-0.05, 0) is 65.2 Å². The molecule has 0 amide bonds. The summed E-state index contributed by atoms with van der Waals surface area (Å²) in [5.74, 6) is 1.66. The summed E-state index contributed by atoms with van der Waals surface area (Å²) in [6.45, 7) is 12.4. The van der Waals surface area contributed by atoms with Gasteiger partial charge in [-0.3, -0.25) is 10.1 Å². The molecule has 0 bridgehead atoms. The van der Waals surface area contributed by atoms with E-state index >= 15 is 0 Å². The standard InChI is InChI=1S/C38H38N2O7/c1-23(2)36(41)46-19-18-45-26-16-17-32-30(21-26)38(5,31-22-47-33-13-8-7-11-28(33)34(31)44-6)37(3,4)35(39-32)27-12-9-10-24-14-15-25(40(42)43)20-29(24)27/h7-17,20-21,35,39H,1,18-19,22H2,2-6H3/t35?,38-/m1/s1. The normalized spacial score (nSPS) is 19.5. The van der Waals surface area contributed by atoms with Crippen LogP contribution in [0.4, 0.5) is 11.4 Å². The van der Waals surface area contributed by atoms with Gasteiger partial charge in [0.1, 0.15) is 37.1 Å². The van der Waals surface area contributed by atoms with Gasteiger partial charge in [-0.2, -0.15) is 0 Å². The first-order valence-corrected chi connectivity index (χ1v) is 15.5. The van der Waals surface area contributed by atoms with Gasteiger partial charge >= 0.3 is 5.97 Å². The van der Waals surface area contributed by atoms with E-state index in [9.17, 15) is 14.9 Å². The summed E-state index contributed by atoms with van der Waals surface area (Å²) in [4.78, 5) is 23.3. The van der Waals surface area contributed by atoms with E-state index in [4.69, 9.17) is 18.9 Å². The number of esters is 1. The molecule has 0 radical (unpaired) electrons. The third-order valence-corrected chi connectivity index (χ3v) is 9.78. The number of hydrogen-bond donors (Lipinski definition) is 1. The number of fused-ring (bicyclic) bond motifs is 3. The van der Waals surface area contributed by atoms with Crippen molar-refractivity contribution in [3.05, 3.63) is 123 Å². The van der Waals surface area contributed by atoms with E-state index in [-0.39, 0.29) is 29.9 Å². The Morgan fingerprint density at radius 3 is 2.57 bits per heavy atom. The fourth-order valence-electron chi connectivity index (χ4n) is 6.97. The maximum Gasteiger partial charge on any atom is 0.333 e. The number of ether oxygens (including phenoxy) is 4. The summed E-state index contributed by atoms with van der Waals surface area (Å²) in [5, 5.41) is 17.3. The molecule has 2 aliphatic heterocycles. The van der Waals surface area contributed by atoms with Crippen LogP contribution in [0.3, 0.4) is 0 Å². The molecule has 1 unspecified atom stereocenters. The Kier molecular flexibility index (Phi) is 8.17. The Hall–Kier alpha value is -5.31. The van der Waals surface area contributed by atoms with Crippen LogP contribution in [0.25, 0.3) is 16.5 Å². The minimum Gasteiger partial charge on any atom is -0.496 e. The van der Waals surface area contributed by atoms with Gasteiger partial charge in [-0.1, -0.05) is 57.7 Å². The minimum absolute atomic E-state index is 0.0408. The van der Waals surface area contributed by atoms with Crippen LogP contribution in [-0.4, -0.2) is 37.8 Å².